The Morgan fingerprint density at radius 3 is 2.58 bits per heavy atom. The third kappa shape index (κ3) is 2.76. The Kier molecular flexibility index (Phi) is 4.02. The van der Waals surface area contributed by atoms with E-state index in [9.17, 15) is 0 Å². The molecule has 0 spiro atoms. The van der Waals surface area contributed by atoms with Crippen molar-refractivity contribution >= 4 is 0 Å². The van der Waals surface area contributed by atoms with Crippen molar-refractivity contribution in [2.45, 2.75) is 32.7 Å². The maximum atomic E-state index is 3.31. The van der Waals surface area contributed by atoms with Gasteiger partial charge < -0.3 is 10.2 Å². The van der Waals surface area contributed by atoms with Gasteiger partial charge in [0.1, 0.15) is 0 Å². The Hall–Kier alpha value is -0.0800. The van der Waals surface area contributed by atoms with Crippen LogP contribution in [0.5, 0.6) is 0 Å². The number of hydrogen-bond acceptors (Lipinski definition) is 2. The van der Waals surface area contributed by atoms with E-state index in [1.54, 1.807) is 0 Å². The largest absolute Gasteiger partial charge is 0.316 e. The molecule has 1 fully saturated rings. The normalized spacial score (nSPS) is 21.0. The van der Waals surface area contributed by atoms with Crippen LogP contribution in [0, 0.1) is 5.92 Å². The maximum Gasteiger partial charge on any atom is 0.00639 e. The summed E-state index contributed by atoms with van der Waals surface area (Å²) in [4.78, 5) is 2.50. The summed E-state index contributed by atoms with van der Waals surface area (Å²) in [6.07, 6.45) is 2.63. The summed E-state index contributed by atoms with van der Waals surface area (Å²) in [5.74, 6) is 0.911. The Morgan fingerprint density at radius 1 is 1.50 bits per heavy atom. The molecule has 0 aromatic rings. The van der Waals surface area contributed by atoms with Gasteiger partial charge in [0, 0.05) is 25.7 Å². The Balaban J connectivity index is 2.12. The lowest BCUT2D eigenvalue weighted by atomic mass is 10.0. The molecule has 1 aliphatic heterocycles. The van der Waals surface area contributed by atoms with E-state index in [4.69, 9.17) is 0 Å². The van der Waals surface area contributed by atoms with Gasteiger partial charge in [0.05, 0.1) is 0 Å². The monoisotopic (exact) mass is 170 g/mol. The van der Waals surface area contributed by atoms with E-state index in [2.05, 4.69) is 31.1 Å². The number of rotatable bonds is 5. The summed E-state index contributed by atoms with van der Waals surface area (Å²) in [6, 6.07) is 0.760. The number of hydrogen-bond donors (Lipinski definition) is 1. The molecule has 1 saturated heterocycles. The molecular weight excluding hydrogens is 148 g/mol. The Bertz CT molecular complexity index is 121. The van der Waals surface area contributed by atoms with Crippen LogP contribution in [0.2, 0.25) is 0 Å². The topological polar surface area (TPSA) is 15.3 Å². The van der Waals surface area contributed by atoms with Crippen LogP contribution in [-0.4, -0.2) is 37.6 Å². The van der Waals surface area contributed by atoms with Gasteiger partial charge in [0.25, 0.3) is 0 Å². The summed E-state index contributed by atoms with van der Waals surface area (Å²) in [6.45, 7) is 8.31. The molecule has 1 aliphatic rings. The molecule has 1 rings (SSSR count). The van der Waals surface area contributed by atoms with Gasteiger partial charge in [-0.15, -0.1) is 0 Å². The van der Waals surface area contributed by atoms with Crippen molar-refractivity contribution in [1.29, 1.82) is 0 Å². The Morgan fingerprint density at radius 2 is 2.17 bits per heavy atom. The van der Waals surface area contributed by atoms with Gasteiger partial charge in [0.15, 0.2) is 0 Å². The molecular formula is C10H22N2. The maximum absolute atomic E-state index is 3.31. The first-order chi connectivity index (χ1) is 5.74. The van der Waals surface area contributed by atoms with Crippen molar-refractivity contribution in [3.05, 3.63) is 0 Å². The minimum absolute atomic E-state index is 0.760. The number of nitrogens with one attached hydrogen (secondary N) is 1. The number of nitrogens with zero attached hydrogens (tertiary/aromatic N) is 1. The highest BCUT2D eigenvalue weighted by Gasteiger charge is 2.20. The molecule has 0 aromatic carbocycles. The van der Waals surface area contributed by atoms with Crippen LogP contribution in [0.15, 0.2) is 0 Å². The van der Waals surface area contributed by atoms with Gasteiger partial charge in [-0.1, -0.05) is 13.3 Å². The summed E-state index contributed by atoms with van der Waals surface area (Å²) in [7, 11) is 2.25. The molecule has 1 atom stereocenters. The third-order valence-electron chi connectivity index (χ3n) is 2.87. The second kappa shape index (κ2) is 4.83. The molecule has 0 aliphatic carbocycles. The zero-order valence-corrected chi connectivity index (χ0v) is 8.64. The predicted molar refractivity (Wildman–Crippen MR) is 53.4 cm³/mol. The Labute approximate surface area is 76.3 Å². The van der Waals surface area contributed by atoms with Crippen molar-refractivity contribution in [2.75, 3.05) is 26.7 Å². The molecule has 0 bridgehead atoms. The van der Waals surface area contributed by atoms with Crippen LogP contribution >= 0.6 is 0 Å². The zero-order valence-electron chi connectivity index (χ0n) is 8.64. The molecule has 0 amide bonds. The van der Waals surface area contributed by atoms with E-state index in [0.29, 0.717) is 0 Å². The summed E-state index contributed by atoms with van der Waals surface area (Å²) >= 11 is 0. The van der Waals surface area contributed by atoms with E-state index in [0.717, 1.165) is 12.0 Å². The fourth-order valence-corrected chi connectivity index (χ4v) is 1.70. The minimum atomic E-state index is 0.760. The molecule has 1 N–H and O–H groups in total. The van der Waals surface area contributed by atoms with Gasteiger partial charge in [0.2, 0.25) is 0 Å². The third-order valence-corrected chi connectivity index (χ3v) is 2.87. The van der Waals surface area contributed by atoms with E-state index < -0.39 is 0 Å². The lowest BCUT2D eigenvalue weighted by molar-refractivity contribution is 0.177. The van der Waals surface area contributed by atoms with Crippen LogP contribution in [0.3, 0.4) is 0 Å². The van der Waals surface area contributed by atoms with E-state index in [-0.39, 0.29) is 0 Å². The summed E-state index contributed by atoms with van der Waals surface area (Å²) in [5, 5.41) is 3.31. The lowest BCUT2D eigenvalue weighted by Gasteiger charge is -2.34. The van der Waals surface area contributed by atoms with Crippen molar-refractivity contribution in [3.63, 3.8) is 0 Å². The van der Waals surface area contributed by atoms with Gasteiger partial charge in [-0.2, -0.15) is 0 Å². The zero-order chi connectivity index (χ0) is 8.97. The second-order valence-corrected chi connectivity index (χ2v) is 4.10. The van der Waals surface area contributed by atoms with Gasteiger partial charge in [-0.3, -0.25) is 0 Å². The van der Waals surface area contributed by atoms with Crippen molar-refractivity contribution in [1.82, 2.24) is 10.2 Å². The molecule has 1 unspecified atom stereocenters. The first-order valence-corrected chi connectivity index (χ1v) is 5.15. The molecule has 72 valence electrons. The minimum Gasteiger partial charge on any atom is -0.316 e. The summed E-state index contributed by atoms with van der Waals surface area (Å²) in [5.41, 5.74) is 0. The summed E-state index contributed by atoms with van der Waals surface area (Å²) < 4.78 is 0. The van der Waals surface area contributed by atoms with Crippen LogP contribution in [-0.2, 0) is 0 Å². The molecule has 2 nitrogen and oxygen atoms in total. The average molecular weight is 170 g/mol. The van der Waals surface area contributed by atoms with Crippen molar-refractivity contribution in [3.8, 4) is 0 Å². The van der Waals surface area contributed by atoms with Gasteiger partial charge >= 0.3 is 0 Å². The lowest BCUT2D eigenvalue weighted by Crippen LogP contribution is -2.49. The highest BCUT2D eigenvalue weighted by Crippen LogP contribution is 2.09. The van der Waals surface area contributed by atoms with E-state index in [1.807, 2.05) is 0 Å². The van der Waals surface area contributed by atoms with Crippen molar-refractivity contribution in [2.24, 2.45) is 5.92 Å². The fraction of sp³-hybridized carbons (Fsp3) is 1.00. The molecule has 1 heterocycles. The molecule has 0 saturated carbocycles. The van der Waals surface area contributed by atoms with E-state index in [1.165, 1.54) is 32.5 Å². The molecule has 0 radical (unpaired) electrons. The SMILES string of the molecule is CCCC(C)N(C)CC1CNC1. The fourth-order valence-electron chi connectivity index (χ4n) is 1.70. The average Bonchev–Trinajstić information content (AvgIpc) is 1.97. The van der Waals surface area contributed by atoms with Crippen LogP contribution in [0.1, 0.15) is 26.7 Å². The predicted octanol–water partition coefficient (Wildman–Crippen LogP) is 1.33. The van der Waals surface area contributed by atoms with Crippen LogP contribution < -0.4 is 5.32 Å². The quantitative estimate of drug-likeness (QED) is 0.669. The van der Waals surface area contributed by atoms with E-state index >= 15 is 0 Å². The first-order valence-electron chi connectivity index (χ1n) is 5.15. The second-order valence-electron chi connectivity index (χ2n) is 4.10. The molecule has 2 heteroatoms. The molecule has 12 heavy (non-hydrogen) atoms. The highest BCUT2D eigenvalue weighted by atomic mass is 15.1. The highest BCUT2D eigenvalue weighted by molar-refractivity contribution is 4.78. The standard InChI is InChI=1S/C10H22N2/c1-4-5-9(2)12(3)8-10-6-11-7-10/h9-11H,4-8H2,1-3H3. The van der Waals surface area contributed by atoms with Gasteiger partial charge in [-0.05, 0) is 26.3 Å². The van der Waals surface area contributed by atoms with Crippen LogP contribution in [0.4, 0.5) is 0 Å². The first kappa shape index (κ1) is 10.0. The van der Waals surface area contributed by atoms with Crippen molar-refractivity contribution < 1.29 is 0 Å². The smallest absolute Gasteiger partial charge is 0.00639 e. The van der Waals surface area contributed by atoms with Crippen LogP contribution in [0.25, 0.3) is 0 Å². The van der Waals surface area contributed by atoms with Gasteiger partial charge in [-0.25, -0.2) is 0 Å². The molecule has 0 aromatic heterocycles.